The van der Waals surface area contributed by atoms with Gasteiger partial charge in [-0.15, -0.1) is 0 Å². The summed E-state index contributed by atoms with van der Waals surface area (Å²) in [4.78, 5) is 24.9. The molecule has 0 aliphatic carbocycles. The lowest BCUT2D eigenvalue weighted by Crippen LogP contribution is -2.32. The van der Waals surface area contributed by atoms with Gasteiger partial charge in [0.2, 0.25) is 11.8 Å². The Balaban J connectivity index is 1.92. The number of carbonyl (C=O) groups is 2. The van der Waals surface area contributed by atoms with Crippen LogP contribution in [0.4, 0.5) is 11.4 Å². The van der Waals surface area contributed by atoms with Crippen molar-refractivity contribution in [2.24, 2.45) is 0 Å². The van der Waals surface area contributed by atoms with E-state index in [4.69, 9.17) is 17.0 Å². The molecule has 27 heavy (non-hydrogen) atoms. The Hall–Kier alpha value is -3.19. The number of benzene rings is 2. The summed E-state index contributed by atoms with van der Waals surface area (Å²) in [7, 11) is 3.27. The van der Waals surface area contributed by atoms with Crippen molar-refractivity contribution in [2.75, 3.05) is 24.4 Å². The third-order valence-electron chi connectivity index (χ3n) is 3.77. The van der Waals surface area contributed by atoms with Gasteiger partial charge in [0, 0.05) is 37.0 Å². The summed E-state index contributed by atoms with van der Waals surface area (Å²) in [5, 5.41) is 5.69. The summed E-state index contributed by atoms with van der Waals surface area (Å²) in [6.45, 7) is 1.50. The molecule has 0 saturated heterocycles. The maximum Gasteiger partial charge on any atom is 0.250 e. The Morgan fingerprint density at radius 2 is 1.78 bits per heavy atom. The van der Waals surface area contributed by atoms with Gasteiger partial charge in [0.1, 0.15) is 5.75 Å². The van der Waals surface area contributed by atoms with E-state index < -0.39 is 0 Å². The first-order valence-electron chi connectivity index (χ1n) is 8.18. The number of thiocarbonyl (C=S) groups is 1. The molecule has 2 rings (SSSR count). The highest BCUT2D eigenvalue weighted by Crippen LogP contribution is 2.19. The second-order valence-corrected chi connectivity index (χ2v) is 6.05. The van der Waals surface area contributed by atoms with E-state index in [0.717, 1.165) is 11.3 Å². The van der Waals surface area contributed by atoms with Gasteiger partial charge >= 0.3 is 0 Å². The SMILES string of the molecule is COc1ccccc1/C=C/C(=O)NC(=S)Nc1ccc(N(C)C(C)=O)cc1. The average Bonchev–Trinajstić information content (AvgIpc) is 2.66. The normalized spacial score (nSPS) is 10.3. The minimum Gasteiger partial charge on any atom is -0.496 e. The van der Waals surface area contributed by atoms with Crippen molar-refractivity contribution in [3.8, 4) is 5.75 Å². The molecule has 0 aliphatic rings. The van der Waals surface area contributed by atoms with Gasteiger partial charge in [-0.3, -0.25) is 14.9 Å². The van der Waals surface area contributed by atoms with Crippen molar-refractivity contribution in [2.45, 2.75) is 6.92 Å². The highest BCUT2D eigenvalue weighted by atomic mass is 32.1. The van der Waals surface area contributed by atoms with Gasteiger partial charge < -0.3 is 15.0 Å². The smallest absolute Gasteiger partial charge is 0.250 e. The lowest BCUT2D eigenvalue weighted by molar-refractivity contribution is -0.116. The number of anilines is 2. The molecule has 0 bridgehead atoms. The molecule has 0 aromatic heterocycles. The van der Waals surface area contributed by atoms with E-state index >= 15 is 0 Å². The molecule has 0 saturated carbocycles. The number of para-hydroxylation sites is 1. The second-order valence-electron chi connectivity index (χ2n) is 5.64. The third-order valence-corrected chi connectivity index (χ3v) is 3.98. The molecule has 140 valence electrons. The van der Waals surface area contributed by atoms with Gasteiger partial charge in [0.15, 0.2) is 5.11 Å². The van der Waals surface area contributed by atoms with E-state index in [1.54, 1.807) is 44.5 Å². The van der Waals surface area contributed by atoms with Crippen molar-refractivity contribution >= 4 is 46.6 Å². The number of methoxy groups -OCH3 is 1. The summed E-state index contributed by atoms with van der Waals surface area (Å²) in [5.74, 6) is 0.268. The van der Waals surface area contributed by atoms with Crippen molar-refractivity contribution in [3.05, 3.63) is 60.2 Å². The number of carbonyl (C=O) groups excluding carboxylic acids is 2. The molecular formula is C20H21N3O3S. The molecule has 0 radical (unpaired) electrons. The molecule has 0 atom stereocenters. The zero-order valence-electron chi connectivity index (χ0n) is 15.4. The Labute approximate surface area is 163 Å². The predicted molar refractivity (Wildman–Crippen MR) is 112 cm³/mol. The quantitative estimate of drug-likeness (QED) is 0.613. The Morgan fingerprint density at radius 1 is 1.11 bits per heavy atom. The number of nitrogens with zero attached hydrogens (tertiary/aromatic N) is 1. The summed E-state index contributed by atoms with van der Waals surface area (Å²) < 4.78 is 5.23. The minimum atomic E-state index is -0.355. The molecule has 0 aliphatic heterocycles. The van der Waals surface area contributed by atoms with Crippen LogP contribution in [0.15, 0.2) is 54.6 Å². The molecule has 2 aromatic carbocycles. The van der Waals surface area contributed by atoms with E-state index in [-0.39, 0.29) is 16.9 Å². The van der Waals surface area contributed by atoms with Crippen LogP contribution in [0.5, 0.6) is 5.75 Å². The van der Waals surface area contributed by atoms with Crippen LogP contribution in [0, 0.1) is 0 Å². The molecule has 0 unspecified atom stereocenters. The molecule has 0 spiro atoms. The zero-order valence-corrected chi connectivity index (χ0v) is 16.2. The maximum absolute atomic E-state index is 12.0. The maximum atomic E-state index is 12.0. The first-order chi connectivity index (χ1) is 12.9. The molecule has 7 heteroatoms. The van der Waals surface area contributed by atoms with E-state index in [9.17, 15) is 9.59 Å². The second kappa shape index (κ2) is 9.49. The molecule has 2 amide bonds. The molecular weight excluding hydrogens is 362 g/mol. The van der Waals surface area contributed by atoms with Crippen LogP contribution >= 0.6 is 12.2 Å². The van der Waals surface area contributed by atoms with Gasteiger partial charge in [0.25, 0.3) is 0 Å². The number of hydrogen-bond donors (Lipinski definition) is 2. The summed E-state index contributed by atoms with van der Waals surface area (Å²) in [5.41, 5.74) is 2.26. The lowest BCUT2D eigenvalue weighted by atomic mass is 10.2. The molecule has 0 fully saturated rings. The number of rotatable bonds is 5. The van der Waals surface area contributed by atoms with Crippen LogP contribution < -0.4 is 20.3 Å². The van der Waals surface area contributed by atoms with Gasteiger partial charge in [-0.05, 0) is 48.6 Å². The first kappa shape index (κ1) is 20.1. The number of hydrogen-bond acceptors (Lipinski definition) is 4. The van der Waals surface area contributed by atoms with Gasteiger partial charge in [-0.1, -0.05) is 18.2 Å². The van der Waals surface area contributed by atoms with E-state index in [0.29, 0.717) is 11.4 Å². The Morgan fingerprint density at radius 3 is 2.41 bits per heavy atom. The standard InChI is InChI=1S/C20H21N3O3S/c1-14(24)23(2)17-11-9-16(10-12-17)21-20(27)22-19(25)13-8-15-6-4-5-7-18(15)26-3/h4-13H,1-3H3,(H2,21,22,25,27)/b13-8+. The van der Waals surface area contributed by atoms with Crippen LogP contribution in [0.3, 0.4) is 0 Å². The van der Waals surface area contributed by atoms with Crippen molar-refractivity contribution in [3.63, 3.8) is 0 Å². The molecule has 0 heterocycles. The fourth-order valence-electron chi connectivity index (χ4n) is 2.24. The van der Waals surface area contributed by atoms with Crippen molar-refractivity contribution < 1.29 is 14.3 Å². The lowest BCUT2D eigenvalue weighted by Gasteiger charge is -2.15. The van der Waals surface area contributed by atoms with Crippen LogP contribution in [0.2, 0.25) is 0 Å². The Kier molecular flexibility index (Phi) is 7.08. The largest absolute Gasteiger partial charge is 0.496 e. The van der Waals surface area contributed by atoms with E-state index in [1.165, 1.54) is 17.9 Å². The van der Waals surface area contributed by atoms with Crippen LogP contribution in [0.1, 0.15) is 12.5 Å². The Bertz CT molecular complexity index is 863. The number of ether oxygens (including phenoxy) is 1. The summed E-state index contributed by atoms with van der Waals surface area (Å²) in [6, 6.07) is 14.5. The van der Waals surface area contributed by atoms with E-state index in [2.05, 4.69) is 10.6 Å². The van der Waals surface area contributed by atoms with Gasteiger partial charge in [0.05, 0.1) is 7.11 Å². The fraction of sp³-hybridized carbons (Fsp3) is 0.150. The zero-order chi connectivity index (χ0) is 19.8. The summed E-state index contributed by atoms with van der Waals surface area (Å²) >= 11 is 5.15. The van der Waals surface area contributed by atoms with E-state index in [1.807, 2.05) is 24.3 Å². The van der Waals surface area contributed by atoms with Crippen LogP contribution in [-0.2, 0) is 9.59 Å². The van der Waals surface area contributed by atoms with Gasteiger partial charge in [-0.2, -0.15) is 0 Å². The molecule has 6 nitrogen and oxygen atoms in total. The van der Waals surface area contributed by atoms with Crippen molar-refractivity contribution in [1.82, 2.24) is 5.32 Å². The van der Waals surface area contributed by atoms with Gasteiger partial charge in [-0.25, -0.2) is 0 Å². The number of amides is 2. The topological polar surface area (TPSA) is 70.7 Å². The fourth-order valence-corrected chi connectivity index (χ4v) is 2.45. The first-order valence-corrected chi connectivity index (χ1v) is 8.59. The monoisotopic (exact) mass is 383 g/mol. The third kappa shape index (κ3) is 5.93. The highest BCUT2D eigenvalue weighted by Gasteiger charge is 2.06. The molecule has 2 N–H and O–H groups in total. The van der Waals surface area contributed by atoms with Crippen LogP contribution in [-0.4, -0.2) is 31.1 Å². The summed E-state index contributed by atoms with van der Waals surface area (Å²) in [6.07, 6.45) is 3.04. The average molecular weight is 383 g/mol. The number of nitrogens with one attached hydrogen (secondary N) is 2. The van der Waals surface area contributed by atoms with Crippen LogP contribution in [0.25, 0.3) is 6.08 Å². The minimum absolute atomic E-state index is 0.0553. The predicted octanol–water partition coefficient (Wildman–Crippen LogP) is 3.20. The molecule has 2 aromatic rings. The highest BCUT2D eigenvalue weighted by molar-refractivity contribution is 7.80. The van der Waals surface area contributed by atoms with Crippen molar-refractivity contribution in [1.29, 1.82) is 0 Å².